The summed E-state index contributed by atoms with van der Waals surface area (Å²) < 4.78 is 10.2. The van der Waals surface area contributed by atoms with E-state index < -0.39 is 0 Å². The maximum Gasteiger partial charge on any atom is 0.306 e. The summed E-state index contributed by atoms with van der Waals surface area (Å²) >= 11 is 0. The van der Waals surface area contributed by atoms with Crippen molar-refractivity contribution >= 4 is 11.8 Å². The van der Waals surface area contributed by atoms with Gasteiger partial charge < -0.3 is 9.47 Å². The molecule has 0 amide bonds. The van der Waals surface area contributed by atoms with Crippen molar-refractivity contribution in [3.05, 3.63) is 0 Å². The van der Waals surface area contributed by atoms with Crippen LogP contribution < -0.4 is 0 Å². The van der Waals surface area contributed by atoms with Crippen molar-refractivity contribution in [1.82, 2.24) is 0 Å². The summed E-state index contributed by atoms with van der Waals surface area (Å²) in [5.74, 6) is -0.138. The zero-order valence-electron chi connectivity index (χ0n) is 9.32. The Morgan fingerprint density at radius 1 is 1.60 bits per heavy atom. The highest BCUT2D eigenvalue weighted by Gasteiger charge is 2.23. The van der Waals surface area contributed by atoms with E-state index in [1.807, 2.05) is 13.8 Å². The van der Waals surface area contributed by atoms with Crippen LogP contribution in [0, 0.1) is 5.92 Å². The third-order valence-electron chi connectivity index (χ3n) is 2.33. The molecular formula is C11H18O4. The Morgan fingerprint density at radius 3 is 2.93 bits per heavy atom. The predicted molar refractivity (Wildman–Crippen MR) is 54.4 cm³/mol. The Kier molecular flexibility index (Phi) is 4.75. The Balaban J connectivity index is 2.23. The standard InChI is InChI=1S/C11H18O4/c1-8(2)15-11(13)4-3-9-7-14-6-5-10(9)12/h8-9H,3-7H2,1-2H3. The molecule has 0 N–H and O–H groups in total. The predicted octanol–water partition coefficient (Wildman–Crippen LogP) is 1.32. The van der Waals surface area contributed by atoms with Gasteiger partial charge in [-0.1, -0.05) is 0 Å². The molecule has 4 heteroatoms. The highest BCUT2D eigenvalue weighted by atomic mass is 16.5. The first kappa shape index (κ1) is 12.2. The highest BCUT2D eigenvalue weighted by molar-refractivity contribution is 5.82. The lowest BCUT2D eigenvalue weighted by molar-refractivity contribution is -0.148. The lowest BCUT2D eigenvalue weighted by atomic mass is 9.95. The van der Waals surface area contributed by atoms with Crippen molar-refractivity contribution in [1.29, 1.82) is 0 Å². The maximum absolute atomic E-state index is 11.4. The molecule has 86 valence electrons. The molecular weight excluding hydrogens is 196 g/mol. The molecule has 1 aliphatic rings. The minimum absolute atomic E-state index is 0.0872. The van der Waals surface area contributed by atoms with Crippen molar-refractivity contribution in [2.45, 2.75) is 39.2 Å². The summed E-state index contributed by atoms with van der Waals surface area (Å²) in [5.41, 5.74) is 0. The van der Waals surface area contributed by atoms with Crippen LogP contribution in [-0.2, 0) is 19.1 Å². The second kappa shape index (κ2) is 5.85. The summed E-state index contributed by atoms with van der Waals surface area (Å²) in [6, 6.07) is 0. The molecule has 1 rings (SSSR count). The summed E-state index contributed by atoms with van der Waals surface area (Å²) in [5, 5.41) is 0. The minimum Gasteiger partial charge on any atom is -0.463 e. The second-order valence-corrected chi connectivity index (χ2v) is 4.07. The zero-order valence-corrected chi connectivity index (χ0v) is 9.32. The van der Waals surface area contributed by atoms with Gasteiger partial charge in [-0.15, -0.1) is 0 Å². The van der Waals surface area contributed by atoms with Crippen LogP contribution in [0.25, 0.3) is 0 Å². The number of hydrogen-bond donors (Lipinski definition) is 0. The number of ketones is 1. The van der Waals surface area contributed by atoms with Crippen LogP contribution in [0.2, 0.25) is 0 Å². The molecule has 1 aliphatic heterocycles. The molecule has 0 spiro atoms. The summed E-state index contributed by atoms with van der Waals surface area (Å²) in [6.07, 6.45) is 1.24. The smallest absolute Gasteiger partial charge is 0.306 e. The number of rotatable bonds is 4. The molecule has 1 heterocycles. The molecule has 1 fully saturated rings. The molecule has 0 aliphatic carbocycles. The van der Waals surface area contributed by atoms with E-state index in [1.54, 1.807) is 0 Å². The van der Waals surface area contributed by atoms with Crippen LogP contribution in [0.3, 0.4) is 0 Å². The average Bonchev–Trinajstić information content (AvgIpc) is 2.15. The summed E-state index contributed by atoms with van der Waals surface area (Å²) in [4.78, 5) is 22.6. The normalized spacial score (nSPS) is 21.8. The molecule has 0 aromatic rings. The first-order chi connectivity index (χ1) is 7.09. The van der Waals surface area contributed by atoms with Crippen LogP contribution in [0.4, 0.5) is 0 Å². The van der Waals surface area contributed by atoms with E-state index in [2.05, 4.69) is 0 Å². The Hall–Kier alpha value is -0.900. The molecule has 0 aromatic heterocycles. The third kappa shape index (κ3) is 4.42. The lowest BCUT2D eigenvalue weighted by Crippen LogP contribution is -2.28. The molecule has 15 heavy (non-hydrogen) atoms. The number of Topliss-reactive ketones (excluding diaryl/α,β-unsaturated/α-hetero) is 1. The Labute approximate surface area is 89.9 Å². The molecule has 0 saturated carbocycles. The van der Waals surface area contributed by atoms with E-state index >= 15 is 0 Å². The number of esters is 1. The van der Waals surface area contributed by atoms with Gasteiger partial charge in [0.2, 0.25) is 0 Å². The van der Waals surface area contributed by atoms with Gasteiger partial charge in [0.1, 0.15) is 5.78 Å². The zero-order chi connectivity index (χ0) is 11.3. The Morgan fingerprint density at radius 2 is 2.33 bits per heavy atom. The highest BCUT2D eigenvalue weighted by Crippen LogP contribution is 2.16. The quantitative estimate of drug-likeness (QED) is 0.662. The van der Waals surface area contributed by atoms with E-state index in [9.17, 15) is 9.59 Å². The molecule has 1 unspecified atom stereocenters. The van der Waals surface area contributed by atoms with Crippen LogP contribution in [0.1, 0.15) is 33.1 Å². The van der Waals surface area contributed by atoms with Gasteiger partial charge in [-0.05, 0) is 20.3 Å². The number of ether oxygens (including phenoxy) is 2. The summed E-state index contributed by atoms with van der Waals surface area (Å²) in [6.45, 7) is 4.60. The second-order valence-electron chi connectivity index (χ2n) is 4.07. The number of hydrogen-bond acceptors (Lipinski definition) is 4. The van der Waals surface area contributed by atoms with Gasteiger partial charge in [0.25, 0.3) is 0 Å². The summed E-state index contributed by atoms with van der Waals surface area (Å²) in [7, 11) is 0. The molecule has 1 atom stereocenters. The van der Waals surface area contributed by atoms with Crippen LogP contribution >= 0.6 is 0 Å². The van der Waals surface area contributed by atoms with E-state index in [1.165, 1.54) is 0 Å². The van der Waals surface area contributed by atoms with Gasteiger partial charge in [-0.3, -0.25) is 9.59 Å². The van der Waals surface area contributed by atoms with Crippen molar-refractivity contribution in [2.24, 2.45) is 5.92 Å². The fourth-order valence-corrected chi connectivity index (χ4v) is 1.55. The molecule has 0 aromatic carbocycles. The van der Waals surface area contributed by atoms with Crippen molar-refractivity contribution < 1.29 is 19.1 Å². The van der Waals surface area contributed by atoms with Crippen LogP contribution in [-0.4, -0.2) is 31.1 Å². The topological polar surface area (TPSA) is 52.6 Å². The van der Waals surface area contributed by atoms with E-state index in [-0.39, 0.29) is 23.8 Å². The van der Waals surface area contributed by atoms with Gasteiger partial charge >= 0.3 is 5.97 Å². The van der Waals surface area contributed by atoms with Gasteiger partial charge in [-0.25, -0.2) is 0 Å². The largest absolute Gasteiger partial charge is 0.463 e. The molecule has 0 radical (unpaired) electrons. The van der Waals surface area contributed by atoms with E-state index in [4.69, 9.17) is 9.47 Å². The van der Waals surface area contributed by atoms with E-state index in [0.29, 0.717) is 32.5 Å². The first-order valence-corrected chi connectivity index (χ1v) is 5.39. The molecule has 4 nitrogen and oxygen atoms in total. The van der Waals surface area contributed by atoms with Gasteiger partial charge in [0, 0.05) is 18.8 Å². The maximum atomic E-state index is 11.4. The minimum atomic E-state index is -0.233. The van der Waals surface area contributed by atoms with Crippen molar-refractivity contribution in [2.75, 3.05) is 13.2 Å². The van der Waals surface area contributed by atoms with Gasteiger partial charge in [0.05, 0.1) is 19.3 Å². The SMILES string of the molecule is CC(C)OC(=O)CCC1COCCC1=O. The third-order valence-corrected chi connectivity index (χ3v) is 2.33. The molecule has 1 saturated heterocycles. The monoisotopic (exact) mass is 214 g/mol. The lowest BCUT2D eigenvalue weighted by Gasteiger charge is -2.20. The fourth-order valence-electron chi connectivity index (χ4n) is 1.55. The average molecular weight is 214 g/mol. The van der Waals surface area contributed by atoms with Crippen molar-refractivity contribution in [3.63, 3.8) is 0 Å². The Bertz CT molecular complexity index is 235. The number of carbonyl (C=O) groups is 2. The van der Waals surface area contributed by atoms with Crippen LogP contribution in [0.15, 0.2) is 0 Å². The van der Waals surface area contributed by atoms with Gasteiger partial charge in [-0.2, -0.15) is 0 Å². The van der Waals surface area contributed by atoms with Crippen molar-refractivity contribution in [3.8, 4) is 0 Å². The first-order valence-electron chi connectivity index (χ1n) is 5.39. The number of carbonyl (C=O) groups excluding carboxylic acids is 2. The van der Waals surface area contributed by atoms with E-state index in [0.717, 1.165) is 0 Å². The van der Waals surface area contributed by atoms with Crippen LogP contribution in [0.5, 0.6) is 0 Å². The van der Waals surface area contributed by atoms with Gasteiger partial charge in [0.15, 0.2) is 0 Å². The fraction of sp³-hybridized carbons (Fsp3) is 0.818. The molecule has 0 bridgehead atoms.